The molecular formula is C8H8OS. The molecular weight excluding hydrogens is 144 g/mol. The van der Waals surface area contributed by atoms with Crippen LogP contribution in [-0.4, -0.2) is 12.5 Å². The zero-order chi connectivity index (χ0) is 7.40. The molecule has 1 nitrogen and oxygen atoms in total. The molecule has 1 rings (SSSR count). The summed E-state index contributed by atoms with van der Waals surface area (Å²) in [7, 11) is 1.64. The van der Waals surface area contributed by atoms with E-state index in [4.69, 9.17) is 17.0 Å². The summed E-state index contributed by atoms with van der Waals surface area (Å²) in [6, 6.07) is 7.64. The number of methoxy groups -OCH3 is 1. The molecule has 0 fully saturated rings. The Morgan fingerprint density at radius 2 is 2.30 bits per heavy atom. The van der Waals surface area contributed by atoms with Crippen LogP contribution in [0.15, 0.2) is 24.3 Å². The second kappa shape index (κ2) is 3.32. The van der Waals surface area contributed by atoms with Crippen molar-refractivity contribution in [3.05, 3.63) is 29.8 Å². The Hall–Kier alpha value is -0.890. The minimum Gasteiger partial charge on any atom is -0.497 e. The van der Waals surface area contributed by atoms with Crippen LogP contribution in [-0.2, 0) is 0 Å². The van der Waals surface area contributed by atoms with Crippen LogP contribution in [0.25, 0.3) is 0 Å². The molecule has 0 atom stereocenters. The first-order valence-corrected chi connectivity index (χ1v) is 3.43. The Bertz CT molecular complexity index is 232. The van der Waals surface area contributed by atoms with Crippen molar-refractivity contribution in [2.45, 2.75) is 0 Å². The van der Waals surface area contributed by atoms with E-state index in [2.05, 4.69) is 0 Å². The van der Waals surface area contributed by atoms with E-state index < -0.39 is 0 Å². The van der Waals surface area contributed by atoms with Gasteiger partial charge in [-0.25, -0.2) is 0 Å². The zero-order valence-corrected chi connectivity index (χ0v) is 6.52. The molecule has 10 heavy (non-hydrogen) atoms. The molecule has 0 aliphatic carbocycles. The molecule has 0 aromatic heterocycles. The summed E-state index contributed by atoms with van der Waals surface area (Å²) in [6.07, 6.45) is 0. The number of hydrogen-bond donors (Lipinski definition) is 0. The highest BCUT2D eigenvalue weighted by molar-refractivity contribution is 7.79. The maximum Gasteiger partial charge on any atom is 0.119 e. The quantitative estimate of drug-likeness (QED) is 0.600. The first-order chi connectivity index (χ1) is 4.86. The monoisotopic (exact) mass is 152 g/mol. The standard InChI is InChI=1S/C8H8OS/c1-9-8-4-2-3-7(5-8)6-10/h2-6H,1H3. The molecule has 1 aromatic rings. The topological polar surface area (TPSA) is 9.23 Å². The third kappa shape index (κ3) is 1.54. The summed E-state index contributed by atoms with van der Waals surface area (Å²) in [5, 5.41) is 1.63. The predicted octanol–water partition coefficient (Wildman–Crippen LogP) is 2.04. The minimum absolute atomic E-state index is 0.846. The van der Waals surface area contributed by atoms with Crippen LogP contribution in [0, 0.1) is 0 Å². The summed E-state index contributed by atoms with van der Waals surface area (Å²) < 4.78 is 4.99. The highest BCUT2D eigenvalue weighted by Gasteiger charge is 1.89. The van der Waals surface area contributed by atoms with E-state index in [0.717, 1.165) is 11.3 Å². The molecule has 0 N–H and O–H groups in total. The Kier molecular flexibility index (Phi) is 2.40. The Morgan fingerprint density at radius 3 is 2.90 bits per heavy atom. The number of hydrogen-bond acceptors (Lipinski definition) is 2. The molecule has 0 spiro atoms. The second-order valence-corrected chi connectivity index (χ2v) is 2.13. The molecule has 52 valence electrons. The highest BCUT2D eigenvalue weighted by atomic mass is 32.1. The van der Waals surface area contributed by atoms with Crippen molar-refractivity contribution >= 4 is 17.6 Å². The fraction of sp³-hybridized carbons (Fsp3) is 0.125. The largest absolute Gasteiger partial charge is 0.497 e. The van der Waals surface area contributed by atoms with Gasteiger partial charge in [0.05, 0.1) is 7.11 Å². The lowest BCUT2D eigenvalue weighted by Gasteiger charge is -1.98. The van der Waals surface area contributed by atoms with Crippen molar-refractivity contribution in [2.75, 3.05) is 7.11 Å². The molecule has 0 unspecified atom stereocenters. The Labute approximate surface area is 65.6 Å². The first-order valence-electron chi connectivity index (χ1n) is 2.96. The smallest absolute Gasteiger partial charge is 0.119 e. The van der Waals surface area contributed by atoms with Gasteiger partial charge in [-0.2, -0.15) is 0 Å². The van der Waals surface area contributed by atoms with Crippen molar-refractivity contribution < 1.29 is 4.74 Å². The fourth-order valence-electron chi connectivity index (χ4n) is 0.715. The lowest BCUT2D eigenvalue weighted by Crippen LogP contribution is -1.83. The lowest BCUT2D eigenvalue weighted by atomic mass is 10.2. The van der Waals surface area contributed by atoms with Gasteiger partial charge in [-0.1, -0.05) is 24.4 Å². The summed E-state index contributed by atoms with van der Waals surface area (Å²) in [5.41, 5.74) is 1.01. The molecule has 0 amide bonds. The van der Waals surface area contributed by atoms with Crippen molar-refractivity contribution in [3.8, 4) is 5.75 Å². The third-order valence-corrected chi connectivity index (χ3v) is 1.50. The molecule has 0 heterocycles. The van der Waals surface area contributed by atoms with E-state index in [9.17, 15) is 0 Å². The third-order valence-electron chi connectivity index (χ3n) is 1.23. The number of benzene rings is 1. The van der Waals surface area contributed by atoms with Crippen molar-refractivity contribution in [1.82, 2.24) is 0 Å². The van der Waals surface area contributed by atoms with Gasteiger partial charge in [0.1, 0.15) is 5.75 Å². The van der Waals surface area contributed by atoms with Crippen molar-refractivity contribution in [3.63, 3.8) is 0 Å². The van der Waals surface area contributed by atoms with E-state index in [-0.39, 0.29) is 0 Å². The van der Waals surface area contributed by atoms with Crippen LogP contribution in [0.4, 0.5) is 0 Å². The van der Waals surface area contributed by atoms with Crippen LogP contribution < -0.4 is 4.74 Å². The lowest BCUT2D eigenvalue weighted by molar-refractivity contribution is 0.415. The zero-order valence-electron chi connectivity index (χ0n) is 5.70. The molecule has 0 radical (unpaired) electrons. The molecule has 0 bridgehead atoms. The molecule has 0 aliphatic rings. The van der Waals surface area contributed by atoms with Gasteiger partial charge >= 0.3 is 0 Å². The minimum atomic E-state index is 0.846. The number of rotatable bonds is 2. The molecule has 2 heteroatoms. The van der Waals surface area contributed by atoms with E-state index in [1.807, 2.05) is 24.3 Å². The van der Waals surface area contributed by atoms with E-state index in [1.165, 1.54) is 0 Å². The average molecular weight is 152 g/mol. The second-order valence-electron chi connectivity index (χ2n) is 1.89. The van der Waals surface area contributed by atoms with Crippen molar-refractivity contribution in [1.29, 1.82) is 0 Å². The van der Waals surface area contributed by atoms with Gasteiger partial charge in [-0.3, -0.25) is 0 Å². The van der Waals surface area contributed by atoms with Crippen LogP contribution in [0.5, 0.6) is 5.75 Å². The summed E-state index contributed by atoms with van der Waals surface area (Å²) in [4.78, 5) is 0. The predicted molar refractivity (Wildman–Crippen MR) is 45.8 cm³/mol. The first kappa shape index (κ1) is 7.22. The molecule has 0 saturated heterocycles. The van der Waals surface area contributed by atoms with Crippen molar-refractivity contribution in [2.24, 2.45) is 0 Å². The number of thiocarbonyl (C=S) groups is 1. The van der Waals surface area contributed by atoms with Gasteiger partial charge in [-0.05, 0) is 17.7 Å². The van der Waals surface area contributed by atoms with Gasteiger partial charge in [0, 0.05) is 5.37 Å². The summed E-state index contributed by atoms with van der Waals surface area (Å²) in [5.74, 6) is 0.846. The molecule has 0 aliphatic heterocycles. The summed E-state index contributed by atoms with van der Waals surface area (Å²) in [6.45, 7) is 0. The van der Waals surface area contributed by atoms with Crippen LogP contribution in [0.1, 0.15) is 5.56 Å². The van der Waals surface area contributed by atoms with E-state index >= 15 is 0 Å². The van der Waals surface area contributed by atoms with E-state index in [0.29, 0.717) is 0 Å². The fourth-order valence-corrected chi connectivity index (χ4v) is 0.861. The SMILES string of the molecule is COc1cccc(C=S)c1. The Balaban J connectivity index is 2.98. The van der Waals surface area contributed by atoms with Gasteiger partial charge < -0.3 is 4.74 Å². The van der Waals surface area contributed by atoms with E-state index in [1.54, 1.807) is 12.5 Å². The van der Waals surface area contributed by atoms with Gasteiger partial charge in [-0.15, -0.1) is 0 Å². The normalized spacial score (nSPS) is 8.90. The highest BCUT2D eigenvalue weighted by Crippen LogP contribution is 2.10. The molecule has 1 aromatic carbocycles. The molecule has 0 saturated carbocycles. The maximum absolute atomic E-state index is 4.99. The average Bonchev–Trinajstić information content (AvgIpc) is 2.05. The summed E-state index contributed by atoms with van der Waals surface area (Å²) >= 11 is 4.75. The maximum atomic E-state index is 4.99. The van der Waals surface area contributed by atoms with Crippen LogP contribution in [0.2, 0.25) is 0 Å². The van der Waals surface area contributed by atoms with Crippen LogP contribution >= 0.6 is 12.2 Å². The van der Waals surface area contributed by atoms with Gasteiger partial charge in [0.25, 0.3) is 0 Å². The van der Waals surface area contributed by atoms with Gasteiger partial charge in [0.15, 0.2) is 0 Å². The number of ether oxygens (including phenoxy) is 1. The van der Waals surface area contributed by atoms with Gasteiger partial charge in [0.2, 0.25) is 0 Å². The Morgan fingerprint density at radius 1 is 1.50 bits per heavy atom. The van der Waals surface area contributed by atoms with Crippen LogP contribution in [0.3, 0.4) is 0 Å².